The van der Waals surface area contributed by atoms with Crippen LogP contribution in [0.15, 0.2) is 24.7 Å². The highest BCUT2D eigenvalue weighted by Gasteiger charge is 2.38. The number of nitrogens with zero attached hydrogens (tertiary/aromatic N) is 3. The minimum Gasteiger partial charge on any atom is -0.477 e. The number of alkyl halides is 2. The Morgan fingerprint density at radius 3 is 2.94 bits per heavy atom. The van der Waals surface area contributed by atoms with Gasteiger partial charge in [0.15, 0.2) is 5.65 Å². The Balaban J connectivity index is 2.30. The molecule has 0 bridgehead atoms. The lowest BCUT2D eigenvalue weighted by Crippen LogP contribution is -2.30. The van der Waals surface area contributed by atoms with E-state index in [-0.39, 0.29) is 5.56 Å². The van der Waals surface area contributed by atoms with Crippen molar-refractivity contribution in [3.63, 3.8) is 0 Å². The van der Waals surface area contributed by atoms with Gasteiger partial charge in [-0.25, -0.2) is 4.79 Å². The molecule has 2 aromatic rings. The molecule has 0 aliphatic heterocycles. The van der Waals surface area contributed by atoms with Crippen molar-refractivity contribution in [1.82, 2.24) is 14.6 Å². The van der Waals surface area contributed by atoms with Crippen molar-refractivity contribution < 1.29 is 18.7 Å². The number of carboxylic acid groups (broad SMARTS) is 1. The second-order valence-corrected chi connectivity index (χ2v) is 3.32. The summed E-state index contributed by atoms with van der Waals surface area (Å²) in [6.07, 6.45) is 1.89. The zero-order valence-electron chi connectivity index (χ0n) is 7.97. The predicted octanol–water partition coefficient (Wildman–Crippen LogP) is 0.992. The van der Waals surface area contributed by atoms with Crippen LogP contribution in [0.5, 0.6) is 0 Å². The zero-order chi connectivity index (χ0) is 11.8. The first-order valence-corrected chi connectivity index (χ1v) is 4.38. The summed E-state index contributed by atoms with van der Waals surface area (Å²) >= 11 is 0. The number of aliphatic carboxylic acids is 1. The van der Waals surface area contributed by atoms with Crippen molar-refractivity contribution in [1.29, 1.82) is 0 Å². The Morgan fingerprint density at radius 2 is 2.25 bits per heavy atom. The van der Waals surface area contributed by atoms with Gasteiger partial charge in [0, 0.05) is 12.6 Å². The van der Waals surface area contributed by atoms with Gasteiger partial charge in [0.05, 0.1) is 0 Å². The molecule has 16 heavy (non-hydrogen) atoms. The normalized spacial score (nSPS) is 11.9. The summed E-state index contributed by atoms with van der Waals surface area (Å²) in [5.74, 6) is -5.89. The Kier molecular flexibility index (Phi) is 2.30. The van der Waals surface area contributed by atoms with E-state index in [1.165, 1.54) is 29.1 Å². The second-order valence-electron chi connectivity index (χ2n) is 3.32. The van der Waals surface area contributed by atoms with Gasteiger partial charge in [-0.3, -0.25) is 4.40 Å². The van der Waals surface area contributed by atoms with Crippen molar-refractivity contribution >= 4 is 11.6 Å². The molecule has 0 atom stereocenters. The Hall–Kier alpha value is -2.05. The molecular formula is C9H7F2N3O2. The molecule has 2 aromatic heterocycles. The third-order valence-electron chi connectivity index (χ3n) is 2.09. The zero-order valence-corrected chi connectivity index (χ0v) is 7.97. The molecule has 0 aromatic carbocycles. The van der Waals surface area contributed by atoms with E-state index >= 15 is 0 Å². The highest BCUT2D eigenvalue weighted by molar-refractivity contribution is 5.75. The molecule has 84 valence electrons. The topological polar surface area (TPSA) is 67.5 Å². The monoisotopic (exact) mass is 227 g/mol. The summed E-state index contributed by atoms with van der Waals surface area (Å²) < 4.78 is 27.3. The third kappa shape index (κ3) is 1.83. The van der Waals surface area contributed by atoms with Gasteiger partial charge < -0.3 is 5.11 Å². The number of rotatable bonds is 3. The van der Waals surface area contributed by atoms with Crippen LogP contribution in [0.2, 0.25) is 0 Å². The molecule has 0 spiro atoms. The lowest BCUT2D eigenvalue weighted by Gasteiger charge is -2.10. The first-order chi connectivity index (χ1) is 7.49. The summed E-state index contributed by atoms with van der Waals surface area (Å²) in [4.78, 5) is 10.3. The van der Waals surface area contributed by atoms with Gasteiger partial charge in [0.1, 0.15) is 6.33 Å². The summed E-state index contributed by atoms with van der Waals surface area (Å²) in [6, 6.07) is 2.90. The molecule has 0 amide bonds. The average molecular weight is 227 g/mol. The summed E-state index contributed by atoms with van der Waals surface area (Å²) in [5, 5.41) is 15.6. The van der Waals surface area contributed by atoms with E-state index < -0.39 is 18.3 Å². The van der Waals surface area contributed by atoms with E-state index in [9.17, 15) is 13.6 Å². The molecule has 1 N–H and O–H groups in total. The summed E-state index contributed by atoms with van der Waals surface area (Å²) in [7, 11) is 0. The Morgan fingerprint density at radius 1 is 1.50 bits per heavy atom. The van der Waals surface area contributed by atoms with Crippen molar-refractivity contribution in [2.75, 3.05) is 0 Å². The fraction of sp³-hybridized carbons (Fsp3) is 0.222. The van der Waals surface area contributed by atoms with Gasteiger partial charge in [-0.05, 0) is 11.6 Å². The van der Waals surface area contributed by atoms with Crippen LogP contribution in [0.4, 0.5) is 8.78 Å². The van der Waals surface area contributed by atoms with Gasteiger partial charge in [0.2, 0.25) is 0 Å². The van der Waals surface area contributed by atoms with Crippen molar-refractivity contribution in [2.45, 2.75) is 12.3 Å². The maximum Gasteiger partial charge on any atom is 0.374 e. The van der Waals surface area contributed by atoms with Crippen LogP contribution in [0.25, 0.3) is 5.65 Å². The Labute approximate surface area is 88.3 Å². The summed E-state index contributed by atoms with van der Waals surface area (Å²) in [5.41, 5.74) is 0.724. The molecule has 7 heteroatoms. The minimum absolute atomic E-state index is 0.208. The molecule has 0 fully saturated rings. The molecule has 0 aliphatic rings. The minimum atomic E-state index is -3.76. The van der Waals surface area contributed by atoms with Gasteiger partial charge in [-0.2, -0.15) is 8.78 Å². The van der Waals surface area contributed by atoms with E-state index in [0.717, 1.165) is 0 Å². The highest BCUT2D eigenvalue weighted by atomic mass is 19.3. The first-order valence-electron chi connectivity index (χ1n) is 4.38. The van der Waals surface area contributed by atoms with Crippen LogP contribution in [0, 0.1) is 0 Å². The molecular weight excluding hydrogens is 220 g/mol. The van der Waals surface area contributed by atoms with E-state index in [1.807, 2.05) is 0 Å². The number of aromatic nitrogens is 3. The molecule has 5 nitrogen and oxygen atoms in total. The maximum atomic E-state index is 12.9. The molecule has 0 aliphatic carbocycles. The standard InChI is InChI=1S/C9H7F2N3O2/c10-9(11,8(15)16)3-6-1-2-7-13-12-5-14(7)4-6/h1-2,4-5H,3H2,(H,15,16). The maximum absolute atomic E-state index is 12.9. The van der Waals surface area contributed by atoms with Crippen LogP contribution >= 0.6 is 0 Å². The fourth-order valence-corrected chi connectivity index (χ4v) is 1.31. The van der Waals surface area contributed by atoms with Crippen LogP contribution in [0.3, 0.4) is 0 Å². The Bertz CT molecular complexity index is 538. The molecule has 2 heterocycles. The lowest BCUT2D eigenvalue weighted by molar-refractivity contribution is -0.164. The highest BCUT2D eigenvalue weighted by Crippen LogP contribution is 2.20. The van der Waals surface area contributed by atoms with Crippen molar-refractivity contribution in [3.05, 3.63) is 30.2 Å². The SMILES string of the molecule is O=C(O)C(F)(F)Cc1ccc2nncn2c1. The number of hydrogen-bond acceptors (Lipinski definition) is 3. The lowest BCUT2D eigenvalue weighted by atomic mass is 10.1. The molecule has 0 saturated carbocycles. The van der Waals surface area contributed by atoms with Crippen LogP contribution < -0.4 is 0 Å². The van der Waals surface area contributed by atoms with Gasteiger partial charge in [0.25, 0.3) is 0 Å². The number of carbonyl (C=O) groups is 1. The van der Waals surface area contributed by atoms with E-state index in [4.69, 9.17) is 5.11 Å². The number of carboxylic acids is 1. The van der Waals surface area contributed by atoms with E-state index in [1.54, 1.807) is 0 Å². The summed E-state index contributed by atoms with van der Waals surface area (Å²) in [6.45, 7) is 0. The van der Waals surface area contributed by atoms with Crippen LogP contribution in [0.1, 0.15) is 5.56 Å². The van der Waals surface area contributed by atoms with Gasteiger partial charge in [-0.1, -0.05) is 6.07 Å². The van der Waals surface area contributed by atoms with E-state index in [0.29, 0.717) is 5.65 Å². The van der Waals surface area contributed by atoms with Crippen LogP contribution in [-0.4, -0.2) is 31.6 Å². The predicted molar refractivity (Wildman–Crippen MR) is 49.3 cm³/mol. The first kappa shape index (κ1) is 10.5. The third-order valence-corrected chi connectivity index (χ3v) is 2.09. The number of pyridine rings is 1. The second kappa shape index (κ2) is 3.51. The largest absolute Gasteiger partial charge is 0.477 e. The molecule has 0 unspecified atom stereocenters. The molecule has 0 saturated heterocycles. The van der Waals surface area contributed by atoms with Crippen LogP contribution in [-0.2, 0) is 11.2 Å². The number of halogens is 2. The smallest absolute Gasteiger partial charge is 0.374 e. The number of fused-ring (bicyclic) bond motifs is 1. The molecule has 0 radical (unpaired) electrons. The van der Waals surface area contributed by atoms with Crippen molar-refractivity contribution in [2.24, 2.45) is 0 Å². The van der Waals surface area contributed by atoms with Gasteiger partial charge in [-0.15, -0.1) is 10.2 Å². The van der Waals surface area contributed by atoms with Crippen molar-refractivity contribution in [3.8, 4) is 0 Å². The van der Waals surface area contributed by atoms with E-state index in [2.05, 4.69) is 10.2 Å². The quantitative estimate of drug-likeness (QED) is 0.849. The fourth-order valence-electron chi connectivity index (χ4n) is 1.31. The average Bonchev–Trinajstić information content (AvgIpc) is 2.63. The molecule has 2 rings (SSSR count). The number of hydrogen-bond donors (Lipinski definition) is 1. The van der Waals surface area contributed by atoms with Gasteiger partial charge >= 0.3 is 11.9 Å².